The molecule has 8 nitrogen and oxygen atoms in total. The van der Waals surface area contributed by atoms with E-state index in [1.807, 2.05) is 22.8 Å². The predicted molar refractivity (Wildman–Crippen MR) is 89.5 cm³/mol. The van der Waals surface area contributed by atoms with Crippen LogP contribution in [0.5, 0.6) is 0 Å². The molecule has 0 aliphatic carbocycles. The number of nitrogen functional groups attached to an aromatic ring is 1. The number of hydrogen-bond donors (Lipinski definition) is 1. The van der Waals surface area contributed by atoms with Gasteiger partial charge in [0.1, 0.15) is 12.0 Å². The first-order chi connectivity index (χ1) is 11.6. The van der Waals surface area contributed by atoms with Crippen LogP contribution in [0.2, 0.25) is 0 Å². The number of nitrogens with two attached hydrogens (primary N) is 1. The van der Waals surface area contributed by atoms with Gasteiger partial charge in [-0.25, -0.2) is 15.0 Å². The van der Waals surface area contributed by atoms with E-state index in [0.717, 1.165) is 5.69 Å². The van der Waals surface area contributed by atoms with Crippen LogP contribution in [0.4, 0.5) is 5.82 Å². The predicted octanol–water partition coefficient (Wildman–Crippen LogP) is 1.16. The van der Waals surface area contributed by atoms with E-state index in [9.17, 15) is 4.79 Å². The van der Waals surface area contributed by atoms with Gasteiger partial charge in [-0.2, -0.15) is 0 Å². The van der Waals surface area contributed by atoms with Crippen molar-refractivity contribution in [3.63, 3.8) is 0 Å². The number of fused-ring (bicyclic) bond motifs is 1. The molecule has 0 aromatic carbocycles. The Labute approximate surface area is 136 Å². The quantitative estimate of drug-likeness (QED) is 0.594. The van der Waals surface area contributed by atoms with E-state index in [-0.39, 0.29) is 5.56 Å². The second-order valence-corrected chi connectivity index (χ2v) is 5.25. The van der Waals surface area contributed by atoms with Crippen LogP contribution in [0, 0.1) is 0 Å². The lowest BCUT2D eigenvalue weighted by Crippen LogP contribution is -2.15. The highest BCUT2D eigenvalue weighted by atomic mass is 16.1. The maximum absolute atomic E-state index is 11.7. The van der Waals surface area contributed by atoms with Crippen LogP contribution in [0.3, 0.4) is 0 Å². The highest BCUT2D eigenvalue weighted by molar-refractivity contribution is 5.86. The zero-order valence-electron chi connectivity index (χ0n) is 12.8. The number of rotatable bonds is 2. The molecule has 4 aromatic heterocycles. The van der Waals surface area contributed by atoms with E-state index in [0.29, 0.717) is 28.5 Å². The van der Waals surface area contributed by atoms with Crippen molar-refractivity contribution in [3.05, 3.63) is 59.4 Å². The summed E-state index contributed by atoms with van der Waals surface area (Å²) in [5.41, 5.74) is 8.30. The van der Waals surface area contributed by atoms with Gasteiger partial charge >= 0.3 is 0 Å². The third-order valence-electron chi connectivity index (χ3n) is 3.69. The molecule has 24 heavy (non-hydrogen) atoms. The van der Waals surface area contributed by atoms with Gasteiger partial charge in [0.15, 0.2) is 22.8 Å². The zero-order valence-corrected chi connectivity index (χ0v) is 12.8. The molecule has 4 heterocycles. The lowest BCUT2D eigenvalue weighted by Gasteiger charge is -2.09. The van der Waals surface area contributed by atoms with E-state index < -0.39 is 0 Å². The maximum atomic E-state index is 11.7. The van der Waals surface area contributed by atoms with Gasteiger partial charge in [-0.1, -0.05) is 6.07 Å². The number of nitrogens with zero attached hydrogens (tertiary/aromatic N) is 6. The van der Waals surface area contributed by atoms with Crippen LogP contribution in [0.25, 0.3) is 28.4 Å². The Balaban J connectivity index is 2.10. The standard InChI is InChI=1S/C16H13N7O/c1-22-8-10(5-6-12(22)24)23-15(11-4-2-3-7-18-11)21-13-14(17)19-9-20-16(13)23/h2-9H,1H3,(H2,17,19,20). The molecule has 0 saturated heterocycles. The first-order valence-electron chi connectivity index (χ1n) is 7.22. The summed E-state index contributed by atoms with van der Waals surface area (Å²) in [5, 5.41) is 0. The number of aromatic nitrogens is 6. The van der Waals surface area contributed by atoms with Crippen LogP contribution < -0.4 is 11.3 Å². The summed E-state index contributed by atoms with van der Waals surface area (Å²) in [5.74, 6) is 0.872. The Morgan fingerprint density at radius 2 is 1.96 bits per heavy atom. The third-order valence-corrected chi connectivity index (χ3v) is 3.69. The van der Waals surface area contributed by atoms with Crippen LogP contribution in [-0.2, 0) is 7.05 Å². The molecular weight excluding hydrogens is 306 g/mol. The van der Waals surface area contributed by atoms with Gasteiger partial charge < -0.3 is 10.3 Å². The van der Waals surface area contributed by atoms with Gasteiger partial charge in [0.2, 0.25) is 5.56 Å². The smallest absolute Gasteiger partial charge is 0.250 e. The van der Waals surface area contributed by atoms with Crippen molar-refractivity contribution in [1.29, 1.82) is 0 Å². The molecule has 0 bridgehead atoms. The summed E-state index contributed by atoms with van der Waals surface area (Å²) in [7, 11) is 1.69. The molecule has 4 aromatic rings. The summed E-state index contributed by atoms with van der Waals surface area (Å²) in [6.07, 6.45) is 4.79. The minimum atomic E-state index is -0.100. The molecule has 0 spiro atoms. The Kier molecular flexibility index (Phi) is 3.09. The lowest BCUT2D eigenvalue weighted by molar-refractivity contribution is 0.846. The summed E-state index contributed by atoms with van der Waals surface area (Å²) in [4.78, 5) is 28.9. The molecular formula is C16H13N7O. The van der Waals surface area contributed by atoms with E-state index in [2.05, 4.69) is 19.9 Å². The lowest BCUT2D eigenvalue weighted by atomic mass is 10.3. The Morgan fingerprint density at radius 3 is 2.71 bits per heavy atom. The van der Waals surface area contributed by atoms with Crippen LogP contribution in [0.15, 0.2) is 53.8 Å². The fourth-order valence-corrected chi connectivity index (χ4v) is 2.53. The molecule has 0 atom stereocenters. The first kappa shape index (κ1) is 14.1. The number of imidazole rings is 1. The largest absolute Gasteiger partial charge is 0.382 e. The molecule has 0 aliphatic rings. The van der Waals surface area contributed by atoms with Gasteiger partial charge in [-0.3, -0.25) is 14.3 Å². The SMILES string of the molecule is Cn1cc(-n2c(-c3ccccn3)nc3c(N)ncnc32)ccc1=O. The topological polar surface area (TPSA) is 105 Å². The number of anilines is 1. The average molecular weight is 319 g/mol. The molecule has 0 saturated carbocycles. The Morgan fingerprint density at radius 1 is 1.08 bits per heavy atom. The Hall–Kier alpha value is -3.55. The molecule has 0 radical (unpaired) electrons. The van der Waals surface area contributed by atoms with Crippen molar-refractivity contribution in [3.8, 4) is 17.2 Å². The highest BCUT2D eigenvalue weighted by Crippen LogP contribution is 2.27. The summed E-state index contributed by atoms with van der Waals surface area (Å²) >= 11 is 0. The van der Waals surface area contributed by atoms with Crippen molar-refractivity contribution >= 4 is 17.0 Å². The van der Waals surface area contributed by atoms with Crippen molar-refractivity contribution in [2.45, 2.75) is 0 Å². The number of hydrogen-bond acceptors (Lipinski definition) is 6. The molecule has 0 amide bonds. The minimum Gasteiger partial charge on any atom is -0.382 e. The third kappa shape index (κ3) is 2.12. The van der Waals surface area contributed by atoms with E-state index >= 15 is 0 Å². The van der Waals surface area contributed by atoms with E-state index in [1.165, 1.54) is 17.0 Å². The highest BCUT2D eigenvalue weighted by Gasteiger charge is 2.18. The van der Waals surface area contributed by atoms with Crippen molar-refractivity contribution in [2.24, 2.45) is 7.05 Å². The second-order valence-electron chi connectivity index (χ2n) is 5.25. The monoisotopic (exact) mass is 319 g/mol. The summed E-state index contributed by atoms with van der Waals surface area (Å²) in [6, 6.07) is 8.77. The summed E-state index contributed by atoms with van der Waals surface area (Å²) < 4.78 is 3.31. The van der Waals surface area contributed by atoms with Gasteiger partial charge in [0.05, 0.1) is 5.69 Å². The molecule has 0 unspecified atom stereocenters. The van der Waals surface area contributed by atoms with Crippen molar-refractivity contribution in [2.75, 3.05) is 5.73 Å². The van der Waals surface area contributed by atoms with Gasteiger partial charge in [-0.15, -0.1) is 0 Å². The number of aryl methyl sites for hydroxylation is 1. The van der Waals surface area contributed by atoms with E-state index in [4.69, 9.17) is 5.73 Å². The van der Waals surface area contributed by atoms with Crippen LogP contribution in [-0.4, -0.2) is 29.1 Å². The number of pyridine rings is 2. The fraction of sp³-hybridized carbons (Fsp3) is 0.0625. The fourth-order valence-electron chi connectivity index (χ4n) is 2.53. The van der Waals surface area contributed by atoms with Crippen molar-refractivity contribution in [1.82, 2.24) is 29.1 Å². The Bertz CT molecular complexity index is 1100. The van der Waals surface area contributed by atoms with Gasteiger partial charge in [0.25, 0.3) is 0 Å². The van der Waals surface area contributed by atoms with Gasteiger partial charge in [0, 0.05) is 25.5 Å². The molecule has 2 N–H and O–H groups in total. The first-order valence-corrected chi connectivity index (χ1v) is 7.22. The minimum absolute atomic E-state index is 0.100. The molecule has 4 rings (SSSR count). The van der Waals surface area contributed by atoms with E-state index in [1.54, 1.807) is 25.5 Å². The van der Waals surface area contributed by atoms with Crippen LogP contribution >= 0.6 is 0 Å². The maximum Gasteiger partial charge on any atom is 0.250 e. The average Bonchev–Trinajstić information content (AvgIpc) is 2.99. The van der Waals surface area contributed by atoms with Gasteiger partial charge in [-0.05, 0) is 18.2 Å². The van der Waals surface area contributed by atoms with Crippen LogP contribution in [0.1, 0.15) is 0 Å². The normalized spacial score (nSPS) is 11.0. The molecule has 0 fully saturated rings. The second kappa shape index (κ2) is 5.27. The molecule has 0 aliphatic heterocycles. The molecule has 118 valence electrons. The van der Waals surface area contributed by atoms with Crippen molar-refractivity contribution < 1.29 is 0 Å². The zero-order chi connectivity index (χ0) is 16.7. The summed E-state index contributed by atoms with van der Waals surface area (Å²) in [6.45, 7) is 0. The molecule has 8 heteroatoms.